The minimum atomic E-state index is -5.75. The number of fused-ring (bicyclic) bond motifs is 1. The van der Waals surface area contributed by atoms with Gasteiger partial charge < -0.3 is 4.18 Å². The van der Waals surface area contributed by atoms with Crippen molar-refractivity contribution in [2.24, 2.45) is 0 Å². The van der Waals surface area contributed by atoms with Crippen LogP contribution < -0.4 is 4.18 Å². The Labute approximate surface area is 126 Å². The summed E-state index contributed by atoms with van der Waals surface area (Å²) in [6, 6.07) is 1.48. The highest BCUT2D eigenvalue weighted by atomic mass is 32.2. The summed E-state index contributed by atoms with van der Waals surface area (Å²) in [6.07, 6.45) is 1.52. The van der Waals surface area contributed by atoms with Crippen LogP contribution in [0.5, 0.6) is 5.88 Å². The molecule has 0 amide bonds. The van der Waals surface area contributed by atoms with Crippen LogP contribution in [-0.4, -0.2) is 34.1 Å². The van der Waals surface area contributed by atoms with Crippen molar-refractivity contribution in [3.05, 3.63) is 17.8 Å². The molecule has 0 aliphatic heterocycles. The standard InChI is InChI=1S/C11H13F3N3O3PS/c1-6(2)21-17-9-8(5-15-17)4-7(3)10(16-9)20-22(18,19)11(12,13)14/h4-6,21H,1-3H3. The third kappa shape index (κ3) is 3.33. The molecule has 2 aromatic rings. The minimum Gasteiger partial charge on any atom is -0.355 e. The molecule has 1 unspecified atom stereocenters. The molecule has 2 aromatic heterocycles. The molecular weight excluding hydrogens is 342 g/mol. The number of halogens is 3. The number of nitrogens with zero attached hydrogens (tertiary/aromatic N) is 3. The first-order valence-electron chi connectivity index (χ1n) is 6.14. The van der Waals surface area contributed by atoms with Gasteiger partial charge in [0.25, 0.3) is 0 Å². The second kappa shape index (κ2) is 5.66. The molecule has 2 rings (SSSR count). The topological polar surface area (TPSA) is 74.1 Å². The van der Waals surface area contributed by atoms with Crippen LogP contribution in [0.2, 0.25) is 0 Å². The Balaban J connectivity index is 2.49. The van der Waals surface area contributed by atoms with Crippen LogP contribution in [0.4, 0.5) is 13.2 Å². The van der Waals surface area contributed by atoms with Gasteiger partial charge in [0.05, 0.1) is 6.20 Å². The van der Waals surface area contributed by atoms with Crippen molar-refractivity contribution >= 4 is 29.9 Å². The number of pyridine rings is 1. The van der Waals surface area contributed by atoms with Gasteiger partial charge >= 0.3 is 15.6 Å². The molecular formula is C11H13F3N3O3PS. The van der Waals surface area contributed by atoms with Crippen molar-refractivity contribution in [1.29, 1.82) is 0 Å². The number of rotatable bonds is 4. The van der Waals surface area contributed by atoms with Gasteiger partial charge in [0.2, 0.25) is 5.88 Å². The van der Waals surface area contributed by atoms with Gasteiger partial charge in [0.1, 0.15) is 0 Å². The van der Waals surface area contributed by atoms with E-state index in [-0.39, 0.29) is 25.6 Å². The summed E-state index contributed by atoms with van der Waals surface area (Å²) in [4.78, 5) is 3.89. The molecule has 0 aromatic carbocycles. The molecule has 22 heavy (non-hydrogen) atoms. The Bertz CT molecular complexity index is 802. The van der Waals surface area contributed by atoms with Crippen molar-refractivity contribution in [3.63, 3.8) is 0 Å². The minimum absolute atomic E-state index is 0.174. The Morgan fingerprint density at radius 1 is 1.36 bits per heavy atom. The zero-order valence-electron chi connectivity index (χ0n) is 11.8. The molecule has 122 valence electrons. The van der Waals surface area contributed by atoms with Crippen molar-refractivity contribution < 1.29 is 25.8 Å². The first-order valence-corrected chi connectivity index (χ1v) is 8.57. The maximum atomic E-state index is 12.4. The third-order valence-electron chi connectivity index (χ3n) is 2.54. The predicted molar refractivity (Wildman–Crippen MR) is 76.7 cm³/mol. The summed E-state index contributed by atoms with van der Waals surface area (Å²) >= 11 is 0. The number of alkyl halides is 3. The lowest BCUT2D eigenvalue weighted by molar-refractivity contribution is -0.0501. The third-order valence-corrected chi connectivity index (χ3v) is 4.57. The van der Waals surface area contributed by atoms with E-state index in [0.29, 0.717) is 5.39 Å². The molecule has 2 heterocycles. The van der Waals surface area contributed by atoms with Crippen molar-refractivity contribution in [3.8, 4) is 5.88 Å². The van der Waals surface area contributed by atoms with Crippen LogP contribution in [0.15, 0.2) is 12.3 Å². The van der Waals surface area contributed by atoms with Gasteiger partial charge in [-0.2, -0.15) is 31.7 Å². The van der Waals surface area contributed by atoms with Crippen LogP contribution in [-0.2, 0) is 10.1 Å². The van der Waals surface area contributed by atoms with Crippen LogP contribution in [0.1, 0.15) is 19.4 Å². The molecule has 11 heteroatoms. The van der Waals surface area contributed by atoms with E-state index in [1.165, 1.54) is 23.6 Å². The summed E-state index contributed by atoms with van der Waals surface area (Å²) in [5, 5.41) is 4.70. The lowest BCUT2D eigenvalue weighted by Gasteiger charge is -2.11. The first kappa shape index (κ1) is 17.0. The normalized spacial score (nSPS) is 13.6. The SMILES string of the molecule is Cc1cc2cnn(PC(C)C)c2nc1OS(=O)(=O)C(F)(F)F. The van der Waals surface area contributed by atoms with Crippen LogP contribution >= 0.6 is 8.73 Å². The van der Waals surface area contributed by atoms with Gasteiger partial charge in [0, 0.05) is 19.7 Å². The fourth-order valence-electron chi connectivity index (χ4n) is 1.62. The zero-order valence-corrected chi connectivity index (χ0v) is 13.7. The molecule has 0 N–H and O–H groups in total. The highest BCUT2D eigenvalue weighted by Gasteiger charge is 2.49. The van der Waals surface area contributed by atoms with Gasteiger partial charge in [-0.15, -0.1) is 0 Å². The molecule has 0 fully saturated rings. The molecule has 1 atom stereocenters. The lowest BCUT2D eigenvalue weighted by Crippen LogP contribution is -2.28. The fraction of sp³-hybridized carbons (Fsp3) is 0.455. The Hall–Kier alpha value is -1.41. The van der Waals surface area contributed by atoms with Gasteiger partial charge in [-0.3, -0.25) is 0 Å². The van der Waals surface area contributed by atoms with Gasteiger partial charge in [-0.25, -0.2) is 4.45 Å². The van der Waals surface area contributed by atoms with Gasteiger partial charge in [0.15, 0.2) is 5.65 Å². The maximum absolute atomic E-state index is 12.4. The lowest BCUT2D eigenvalue weighted by atomic mass is 10.2. The highest BCUT2D eigenvalue weighted by Crippen LogP contribution is 2.31. The van der Waals surface area contributed by atoms with Crippen LogP contribution in [0.3, 0.4) is 0 Å². The number of aryl methyl sites for hydroxylation is 1. The Morgan fingerprint density at radius 3 is 2.55 bits per heavy atom. The first-order chi connectivity index (χ1) is 10.0. The molecule has 6 nitrogen and oxygen atoms in total. The van der Waals surface area contributed by atoms with Crippen molar-refractivity contribution in [2.45, 2.75) is 31.9 Å². The summed E-state index contributed by atoms with van der Waals surface area (Å²) in [6.45, 7) is 5.31. The number of aromatic nitrogens is 3. The van der Waals surface area contributed by atoms with E-state index in [4.69, 9.17) is 0 Å². The van der Waals surface area contributed by atoms with E-state index in [0.717, 1.165) is 0 Å². The molecule has 0 radical (unpaired) electrons. The molecule has 0 saturated heterocycles. The quantitative estimate of drug-likeness (QED) is 0.479. The second-order valence-electron chi connectivity index (χ2n) is 4.85. The van der Waals surface area contributed by atoms with Crippen molar-refractivity contribution in [2.75, 3.05) is 0 Å². The van der Waals surface area contributed by atoms with E-state index in [1.54, 1.807) is 0 Å². The molecule has 0 aliphatic carbocycles. The number of hydrogen-bond donors (Lipinski definition) is 0. The van der Waals surface area contributed by atoms with E-state index < -0.39 is 21.5 Å². The number of hydrogen-bond acceptors (Lipinski definition) is 5. The molecule has 0 aliphatic rings. The van der Waals surface area contributed by atoms with Crippen LogP contribution in [0.25, 0.3) is 11.0 Å². The molecule has 0 saturated carbocycles. The Morgan fingerprint density at radius 2 is 2.00 bits per heavy atom. The van der Waals surface area contributed by atoms with E-state index in [9.17, 15) is 21.6 Å². The van der Waals surface area contributed by atoms with Crippen LogP contribution in [0, 0.1) is 6.92 Å². The summed E-state index contributed by atoms with van der Waals surface area (Å²) in [7, 11) is -5.53. The fourth-order valence-corrected chi connectivity index (χ4v) is 3.01. The average molecular weight is 355 g/mol. The van der Waals surface area contributed by atoms with Gasteiger partial charge in [-0.05, 0) is 18.6 Å². The van der Waals surface area contributed by atoms with E-state index in [1.807, 2.05) is 13.8 Å². The van der Waals surface area contributed by atoms with Gasteiger partial charge in [-0.1, -0.05) is 13.8 Å². The largest absolute Gasteiger partial charge is 0.534 e. The van der Waals surface area contributed by atoms with E-state index in [2.05, 4.69) is 14.3 Å². The zero-order chi connectivity index (χ0) is 16.7. The molecule has 0 bridgehead atoms. The second-order valence-corrected chi connectivity index (χ2v) is 8.22. The smallest absolute Gasteiger partial charge is 0.355 e. The summed E-state index contributed by atoms with van der Waals surface area (Å²) in [5.41, 5.74) is -4.79. The summed E-state index contributed by atoms with van der Waals surface area (Å²) < 4.78 is 65.1. The maximum Gasteiger partial charge on any atom is 0.534 e. The van der Waals surface area contributed by atoms with E-state index >= 15 is 0 Å². The van der Waals surface area contributed by atoms with Crippen molar-refractivity contribution in [1.82, 2.24) is 14.5 Å². The highest BCUT2D eigenvalue weighted by molar-refractivity contribution is 7.87. The Kier molecular flexibility index (Phi) is 4.36. The average Bonchev–Trinajstić information content (AvgIpc) is 2.70. The molecule has 0 spiro atoms. The summed E-state index contributed by atoms with van der Waals surface area (Å²) in [5.74, 6) is -0.597. The monoisotopic (exact) mass is 355 g/mol. The predicted octanol–water partition coefficient (Wildman–Crippen LogP) is 2.82.